The summed E-state index contributed by atoms with van der Waals surface area (Å²) in [6.45, 7) is 1.13. The van der Waals surface area contributed by atoms with Gasteiger partial charge in [-0.25, -0.2) is 0 Å². The summed E-state index contributed by atoms with van der Waals surface area (Å²) < 4.78 is 10.5. The highest BCUT2D eigenvalue weighted by Gasteiger charge is 2.31. The summed E-state index contributed by atoms with van der Waals surface area (Å²) >= 11 is 6.51. The summed E-state index contributed by atoms with van der Waals surface area (Å²) in [5, 5.41) is 9.78. The molecule has 0 bridgehead atoms. The van der Waals surface area contributed by atoms with Crippen LogP contribution in [0.15, 0.2) is 23.1 Å². The Morgan fingerprint density at radius 2 is 2.18 bits per heavy atom. The first kappa shape index (κ1) is 16.8. The van der Waals surface area contributed by atoms with Gasteiger partial charge in [0.25, 0.3) is 5.91 Å². The third kappa shape index (κ3) is 3.79. The number of thioether (sulfide) groups is 1. The van der Waals surface area contributed by atoms with E-state index in [1.807, 2.05) is 0 Å². The van der Waals surface area contributed by atoms with Crippen molar-refractivity contribution in [2.24, 2.45) is 0 Å². The van der Waals surface area contributed by atoms with Gasteiger partial charge in [0, 0.05) is 20.3 Å². The number of methoxy groups -OCH3 is 2. The second-order valence-corrected chi connectivity index (χ2v) is 6.29. The summed E-state index contributed by atoms with van der Waals surface area (Å²) in [7, 11) is 3.11. The van der Waals surface area contributed by atoms with E-state index in [4.69, 9.17) is 21.7 Å². The van der Waals surface area contributed by atoms with Crippen LogP contribution < -0.4 is 4.74 Å². The van der Waals surface area contributed by atoms with Crippen molar-refractivity contribution in [2.45, 2.75) is 6.42 Å². The fourth-order valence-electron chi connectivity index (χ4n) is 2.01. The van der Waals surface area contributed by atoms with Gasteiger partial charge in [-0.2, -0.15) is 0 Å². The molecule has 1 saturated heterocycles. The van der Waals surface area contributed by atoms with E-state index in [1.54, 1.807) is 36.3 Å². The lowest BCUT2D eigenvalue weighted by atomic mass is 10.2. The SMILES string of the molecule is COCCCN1C(=O)C(=Cc2ccc(OC)c(O)c2)SC1=S. The van der Waals surface area contributed by atoms with Crippen LogP contribution in [0.5, 0.6) is 11.5 Å². The summed E-state index contributed by atoms with van der Waals surface area (Å²) in [5.41, 5.74) is 0.718. The van der Waals surface area contributed by atoms with E-state index in [-0.39, 0.29) is 11.7 Å². The predicted molar refractivity (Wildman–Crippen MR) is 91.0 cm³/mol. The van der Waals surface area contributed by atoms with Crippen LogP contribution in [-0.2, 0) is 9.53 Å². The number of aromatic hydroxyl groups is 1. The van der Waals surface area contributed by atoms with Gasteiger partial charge in [-0.05, 0) is 30.2 Å². The zero-order valence-electron chi connectivity index (χ0n) is 12.4. The first-order valence-electron chi connectivity index (χ1n) is 6.68. The Labute approximate surface area is 138 Å². The number of phenolic OH excluding ortho intramolecular Hbond substituents is 1. The largest absolute Gasteiger partial charge is 0.504 e. The molecule has 0 atom stereocenters. The molecule has 22 heavy (non-hydrogen) atoms. The second kappa shape index (κ2) is 7.62. The summed E-state index contributed by atoms with van der Waals surface area (Å²) in [4.78, 5) is 14.5. The molecule has 2 rings (SSSR count). The second-order valence-electron chi connectivity index (χ2n) is 4.61. The van der Waals surface area contributed by atoms with Gasteiger partial charge in [-0.15, -0.1) is 0 Å². The molecule has 0 radical (unpaired) electrons. The maximum Gasteiger partial charge on any atom is 0.266 e. The van der Waals surface area contributed by atoms with Crippen molar-refractivity contribution in [3.05, 3.63) is 28.7 Å². The molecule has 0 aromatic heterocycles. The molecule has 1 fully saturated rings. The molecule has 1 N–H and O–H groups in total. The molecule has 1 heterocycles. The van der Waals surface area contributed by atoms with Crippen molar-refractivity contribution in [3.8, 4) is 11.5 Å². The van der Waals surface area contributed by atoms with Crippen LogP contribution in [0, 0.1) is 0 Å². The topological polar surface area (TPSA) is 59.0 Å². The third-order valence-electron chi connectivity index (χ3n) is 3.10. The average molecular weight is 339 g/mol. The van der Waals surface area contributed by atoms with Gasteiger partial charge in [-0.3, -0.25) is 9.69 Å². The van der Waals surface area contributed by atoms with E-state index in [9.17, 15) is 9.90 Å². The number of carbonyl (C=O) groups excluding carboxylic acids is 1. The molecule has 118 valence electrons. The van der Waals surface area contributed by atoms with Crippen molar-refractivity contribution < 1.29 is 19.4 Å². The molecule has 0 unspecified atom stereocenters. The summed E-state index contributed by atoms with van der Waals surface area (Å²) in [6.07, 6.45) is 2.45. The van der Waals surface area contributed by atoms with Gasteiger partial charge in [0.1, 0.15) is 4.32 Å². The molecule has 0 spiro atoms. The highest BCUT2D eigenvalue weighted by molar-refractivity contribution is 8.26. The van der Waals surface area contributed by atoms with Crippen molar-refractivity contribution in [1.82, 2.24) is 4.90 Å². The van der Waals surface area contributed by atoms with Gasteiger partial charge >= 0.3 is 0 Å². The molecule has 1 amide bonds. The maximum atomic E-state index is 12.3. The van der Waals surface area contributed by atoms with Crippen LogP contribution in [0.4, 0.5) is 0 Å². The monoisotopic (exact) mass is 339 g/mol. The van der Waals surface area contributed by atoms with Gasteiger partial charge in [0.15, 0.2) is 11.5 Å². The Morgan fingerprint density at radius 3 is 2.82 bits per heavy atom. The van der Waals surface area contributed by atoms with E-state index >= 15 is 0 Å². The Bertz CT molecular complexity index is 616. The number of nitrogens with zero attached hydrogens (tertiary/aromatic N) is 1. The van der Waals surface area contributed by atoms with Crippen LogP contribution in [0.1, 0.15) is 12.0 Å². The normalized spacial score (nSPS) is 16.6. The van der Waals surface area contributed by atoms with Crippen LogP contribution in [0.25, 0.3) is 6.08 Å². The Balaban J connectivity index is 2.14. The van der Waals surface area contributed by atoms with Crippen molar-refractivity contribution in [1.29, 1.82) is 0 Å². The Kier molecular flexibility index (Phi) is 5.82. The van der Waals surface area contributed by atoms with Crippen molar-refractivity contribution >= 4 is 40.3 Å². The number of hydrogen-bond acceptors (Lipinski definition) is 6. The Hall–Kier alpha value is -1.57. The number of ether oxygens (including phenoxy) is 2. The predicted octanol–water partition coefficient (Wildman–Crippen LogP) is 2.64. The van der Waals surface area contributed by atoms with E-state index in [1.165, 1.54) is 18.9 Å². The van der Waals surface area contributed by atoms with Crippen LogP contribution in [0.3, 0.4) is 0 Å². The lowest BCUT2D eigenvalue weighted by Crippen LogP contribution is -2.29. The fraction of sp³-hybridized carbons (Fsp3) is 0.333. The molecule has 5 nitrogen and oxygen atoms in total. The minimum atomic E-state index is -0.110. The third-order valence-corrected chi connectivity index (χ3v) is 4.48. The number of carbonyl (C=O) groups is 1. The molecule has 1 aliphatic heterocycles. The van der Waals surface area contributed by atoms with Gasteiger partial charge in [-0.1, -0.05) is 30.0 Å². The minimum absolute atomic E-state index is 0.0341. The summed E-state index contributed by atoms with van der Waals surface area (Å²) in [5.74, 6) is 0.317. The number of thiocarbonyl (C=S) groups is 1. The van der Waals surface area contributed by atoms with Crippen molar-refractivity contribution in [2.75, 3.05) is 27.4 Å². The van der Waals surface area contributed by atoms with Crippen LogP contribution in [0.2, 0.25) is 0 Å². The van der Waals surface area contributed by atoms with Gasteiger partial charge in [0.05, 0.1) is 12.0 Å². The molecule has 0 aliphatic carbocycles. The molecular formula is C15H17NO4S2. The molecule has 1 aromatic carbocycles. The quantitative estimate of drug-likeness (QED) is 0.488. The number of hydrogen-bond donors (Lipinski definition) is 1. The van der Waals surface area contributed by atoms with Crippen LogP contribution >= 0.6 is 24.0 Å². The van der Waals surface area contributed by atoms with E-state index < -0.39 is 0 Å². The van der Waals surface area contributed by atoms with E-state index in [0.29, 0.717) is 28.1 Å². The standard InChI is InChI=1S/C15H17NO4S2/c1-19-7-3-6-16-14(18)13(22-15(16)21)9-10-4-5-12(20-2)11(17)8-10/h4-5,8-9,17H,3,6-7H2,1-2H3. The molecule has 7 heteroatoms. The number of benzene rings is 1. The first-order chi connectivity index (χ1) is 10.6. The first-order valence-corrected chi connectivity index (χ1v) is 7.90. The minimum Gasteiger partial charge on any atom is -0.504 e. The molecule has 1 aliphatic rings. The lowest BCUT2D eigenvalue weighted by Gasteiger charge is -2.13. The zero-order valence-corrected chi connectivity index (χ0v) is 14.0. The van der Waals surface area contributed by atoms with Gasteiger partial charge < -0.3 is 14.6 Å². The average Bonchev–Trinajstić information content (AvgIpc) is 2.75. The fourth-order valence-corrected chi connectivity index (χ4v) is 3.32. The maximum absolute atomic E-state index is 12.3. The highest BCUT2D eigenvalue weighted by atomic mass is 32.2. The molecule has 1 aromatic rings. The van der Waals surface area contributed by atoms with Crippen LogP contribution in [-0.4, -0.2) is 47.6 Å². The van der Waals surface area contributed by atoms with E-state index in [0.717, 1.165) is 12.0 Å². The zero-order chi connectivity index (χ0) is 16.1. The lowest BCUT2D eigenvalue weighted by molar-refractivity contribution is -0.122. The number of rotatable bonds is 6. The Morgan fingerprint density at radius 1 is 1.41 bits per heavy atom. The molecular weight excluding hydrogens is 322 g/mol. The number of phenols is 1. The smallest absolute Gasteiger partial charge is 0.266 e. The van der Waals surface area contributed by atoms with Gasteiger partial charge in [0.2, 0.25) is 0 Å². The summed E-state index contributed by atoms with van der Waals surface area (Å²) in [6, 6.07) is 4.98. The molecule has 0 saturated carbocycles. The van der Waals surface area contributed by atoms with E-state index in [2.05, 4.69) is 0 Å². The highest BCUT2D eigenvalue weighted by Crippen LogP contribution is 2.34. The van der Waals surface area contributed by atoms with Crippen molar-refractivity contribution in [3.63, 3.8) is 0 Å². The number of amides is 1.